The van der Waals surface area contributed by atoms with Crippen LogP contribution in [-0.2, 0) is 0 Å². The minimum Gasteiger partial charge on any atom is -0.285 e. The Kier molecular flexibility index (Phi) is 2.09. The van der Waals surface area contributed by atoms with Crippen LogP contribution in [0.3, 0.4) is 0 Å². The van der Waals surface area contributed by atoms with Gasteiger partial charge in [-0.25, -0.2) is 0 Å². The molecule has 0 N–H and O–H groups in total. The molecule has 2 atom stereocenters. The van der Waals surface area contributed by atoms with Gasteiger partial charge in [-0.3, -0.25) is 4.90 Å². The average molecular weight is 261 g/mol. The van der Waals surface area contributed by atoms with Gasteiger partial charge in [0.15, 0.2) is 0 Å². The van der Waals surface area contributed by atoms with Crippen molar-refractivity contribution in [2.75, 3.05) is 7.05 Å². The zero-order chi connectivity index (χ0) is 10.7. The second kappa shape index (κ2) is 3.14. The van der Waals surface area contributed by atoms with Gasteiger partial charge in [-0.15, -0.1) is 0 Å². The summed E-state index contributed by atoms with van der Waals surface area (Å²) in [7, 11) is 2.07. The van der Waals surface area contributed by atoms with E-state index in [1.807, 2.05) is 0 Å². The van der Waals surface area contributed by atoms with Crippen molar-refractivity contribution in [2.45, 2.75) is 12.1 Å². The van der Waals surface area contributed by atoms with Crippen molar-refractivity contribution in [3.05, 3.63) is 44.4 Å². The van der Waals surface area contributed by atoms with Gasteiger partial charge in [0.1, 0.15) is 0 Å². The molecule has 0 unspecified atom stereocenters. The molecule has 0 fully saturated rings. The van der Waals surface area contributed by atoms with Crippen LogP contribution in [0, 0.1) is 0 Å². The summed E-state index contributed by atoms with van der Waals surface area (Å²) in [5, 5.41) is 1.89. The first-order chi connectivity index (χ1) is 7.11. The SMILES string of the molecule is CN1[C@@H]2C=C[C@H]1c1c(Cl)c(Cl)cc(Cl)c12. The molecule has 78 valence electrons. The first-order valence-electron chi connectivity index (χ1n) is 4.69. The quantitative estimate of drug-likeness (QED) is 0.498. The third-order valence-corrected chi connectivity index (χ3v) is 4.31. The lowest BCUT2D eigenvalue weighted by Gasteiger charge is -2.14. The Morgan fingerprint density at radius 1 is 1.00 bits per heavy atom. The lowest BCUT2D eigenvalue weighted by atomic mass is 9.97. The van der Waals surface area contributed by atoms with E-state index in [9.17, 15) is 0 Å². The minimum absolute atomic E-state index is 0.230. The Bertz CT molecular complexity index is 481. The molecule has 2 aliphatic heterocycles. The molecule has 0 spiro atoms. The Morgan fingerprint density at radius 2 is 1.60 bits per heavy atom. The van der Waals surface area contributed by atoms with E-state index in [0.717, 1.165) is 11.1 Å². The first kappa shape index (κ1) is 9.98. The van der Waals surface area contributed by atoms with Crippen molar-refractivity contribution in [3.63, 3.8) is 0 Å². The molecule has 0 radical (unpaired) electrons. The topological polar surface area (TPSA) is 3.24 Å². The van der Waals surface area contributed by atoms with Gasteiger partial charge < -0.3 is 0 Å². The van der Waals surface area contributed by atoms with Crippen molar-refractivity contribution in [2.24, 2.45) is 0 Å². The van der Waals surface area contributed by atoms with Crippen molar-refractivity contribution in [1.82, 2.24) is 4.90 Å². The summed E-state index contributed by atoms with van der Waals surface area (Å²) >= 11 is 18.4. The third kappa shape index (κ3) is 1.15. The van der Waals surface area contributed by atoms with Crippen LogP contribution < -0.4 is 0 Å². The number of fused-ring (bicyclic) bond motifs is 5. The van der Waals surface area contributed by atoms with Crippen molar-refractivity contribution >= 4 is 34.8 Å². The van der Waals surface area contributed by atoms with E-state index in [0.29, 0.717) is 15.1 Å². The molecule has 0 amide bonds. The van der Waals surface area contributed by atoms with Gasteiger partial charge in [0.2, 0.25) is 0 Å². The molecule has 15 heavy (non-hydrogen) atoms. The molecule has 2 aliphatic rings. The lowest BCUT2D eigenvalue weighted by Crippen LogP contribution is -2.13. The third-order valence-electron chi connectivity index (χ3n) is 3.19. The van der Waals surface area contributed by atoms with Crippen LogP contribution in [0.1, 0.15) is 23.2 Å². The van der Waals surface area contributed by atoms with Gasteiger partial charge in [0.25, 0.3) is 0 Å². The normalized spacial score (nSPS) is 27.5. The van der Waals surface area contributed by atoms with Crippen molar-refractivity contribution in [1.29, 1.82) is 0 Å². The maximum absolute atomic E-state index is 6.22. The summed E-state index contributed by atoms with van der Waals surface area (Å²) in [4.78, 5) is 2.23. The fraction of sp³-hybridized carbons (Fsp3) is 0.273. The summed E-state index contributed by atoms with van der Waals surface area (Å²) in [6.45, 7) is 0. The predicted molar refractivity (Wildman–Crippen MR) is 63.9 cm³/mol. The highest BCUT2D eigenvalue weighted by molar-refractivity contribution is 6.44. The zero-order valence-electron chi connectivity index (χ0n) is 7.97. The molecule has 4 heteroatoms. The smallest absolute Gasteiger partial charge is 0.0647 e. The molecule has 0 aliphatic carbocycles. The van der Waals surface area contributed by atoms with Gasteiger partial charge in [-0.05, 0) is 24.2 Å². The van der Waals surface area contributed by atoms with Crippen LogP contribution in [-0.4, -0.2) is 11.9 Å². The standard InChI is InChI=1S/C11H8Cl3N/c1-15-7-2-3-8(15)10-9(7)5(12)4-6(13)11(10)14/h2-4,7-8H,1H3/t7-,8+/m1/s1. The number of hydrogen-bond donors (Lipinski definition) is 0. The first-order valence-corrected chi connectivity index (χ1v) is 5.82. The molecule has 3 rings (SSSR count). The van der Waals surface area contributed by atoms with Crippen LogP contribution >= 0.6 is 34.8 Å². The zero-order valence-corrected chi connectivity index (χ0v) is 10.2. The number of hydrogen-bond acceptors (Lipinski definition) is 1. The fourth-order valence-electron chi connectivity index (χ4n) is 2.47. The summed E-state index contributed by atoms with van der Waals surface area (Å²) in [5.74, 6) is 0. The summed E-state index contributed by atoms with van der Waals surface area (Å²) in [6, 6.07) is 2.22. The van der Waals surface area contributed by atoms with Crippen LogP contribution in [0.2, 0.25) is 15.1 Å². The molecule has 0 saturated heterocycles. The van der Waals surface area contributed by atoms with Crippen LogP contribution in [0.5, 0.6) is 0 Å². The molecule has 2 heterocycles. The van der Waals surface area contributed by atoms with E-state index in [1.54, 1.807) is 6.07 Å². The van der Waals surface area contributed by atoms with Crippen molar-refractivity contribution in [3.8, 4) is 0 Å². The summed E-state index contributed by atoms with van der Waals surface area (Å²) in [6.07, 6.45) is 4.30. The second-order valence-corrected chi connectivity index (χ2v) is 5.11. The number of likely N-dealkylation sites (N-methyl/N-ethyl adjacent to an activating group) is 1. The van der Waals surface area contributed by atoms with Crippen LogP contribution in [0.25, 0.3) is 0 Å². The number of halogens is 3. The molecule has 1 aromatic carbocycles. The predicted octanol–water partition coefficient (Wildman–Crippen LogP) is 4.24. The molecular formula is C11H8Cl3N. The minimum atomic E-state index is 0.230. The maximum atomic E-state index is 6.22. The monoisotopic (exact) mass is 259 g/mol. The highest BCUT2D eigenvalue weighted by Gasteiger charge is 2.41. The van der Waals surface area contributed by atoms with E-state index in [1.165, 1.54) is 0 Å². The summed E-state index contributed by atoms with van der Waals surface area (Å²) < 4.78 is 0. The van der Waals surface area contributed by atoms with Crippen LogP contribution in [0.4, 0.5) is 0 Å². The van der Waals surface area contributed by atoms with Gasteiger partial charge >= 0.3 is 0 Å². The highest BCUT2D eigenvalue weighted by Crippen LogP contribution is 2.53. The molecular weight excluding hydrogens is 252 g/mol. The van der Waals surface area contributed by atoms with Gasteiger partial charge in [-0.1, -0.05) is 47.0 Å². The maximum Gasteiger partial charge on any atom is 0.0647 e. The van der Waals surface area contributed by atoms with E-state index in [4.69, 9.17) is 34.8 Å². The Morgan fingerprint density at radius 3 is 2.27 bits per heavy atom. The Labute approximate surface area is 103 Å². The largest absolute Gasteiger partial charge is 0.285 e. The molecule has 2 bridgehead atoms. The van der Waals surface area contributed by atoms with E-state index < -0.39 is 0 Å². The fourth-order valence-corrected chi connectivity index (χ4v) is 3.33. The number of nitrogens with zero attached hydrogens (tertiary/aromatic N) is 1. The molecule has 0 saturated carbocycles. The highest BCUT2D eigenvalue weighted by atomic mass is 35.5. The van der Waals surface area contributed by atoms with E-state index in [-0.39, 0.29) is 12.1 Å². The molecule has 1 nitrogen and oxygen atoms in total. The van der Waals surface area contributed by atoms with E-state index in [2.05, 4.69) is 24.1 Å². The van der Waals surface area contributed by atoms with E-state index >= 15 is 0 Å². The molecule has 1 aromatic rings. The lowest BCUT2D eigenvalue weighted by molar-refractivity contribution is 0.299. The van der Waals surface area contributed by atoms with Gasteiger partial charge in [0, 0.05) is 5.02 Å². The van der Waals surface area contributed by atoms with Crippen LogP contribution in [0.15, 0.2) is 18.2 Å². The number of rotatable bonds is 0. The second-order valence-electron chi connectivity index (χ2n) is 3.92. The summed E-state index contributed by atoms with van der Waals surface area (Å²) in [5.41, 5.74) is 2.19. The number of benzene rings is 1. The Hall–Kier alpha value is -0.210. The average Bonchev–Trinajstić information content (AvgIpc) is 2.69. The van der Waals surface area contributed by atoms with Gasteiger partial charge in [0.05, 0.1) is 22.1 Å². The molecule has 0 aromatic heterocycles. The Balaban J connectivity index is 2.33. The van der Waals surface area contributed by atoms with Crippen molar-refractivity contribution < 1.29 is 0 Å². The van der Waals surface area contributed by atoms with Gasteiger partial charge in [-0.2, -0.15) is 0 Å².